The van der Waals surface area contributed by atoms with Gasteiger partial charge in [-0.05, 0) is 48.5 Å². The van der Waals surface area contributed by atoms with Gasteiger partial charge in [0, 0.05) is 10.2 Å². The van der Waals surface area contributed by atoms with E-state index in [0.29, 0.717) is 5.92 Å². The molecule has 0 bridgehead atoms. The SMILES string of the molecule is [SiH3]c1ccccc1C1CCCCC1P(c1ccccc1)c1ccccc1. The molecular weight excluding hydrogens is 347 g/mol. The number of rotatable bonds is 4. The van der Waals surface area contributed by atoms with Crippen molar-refractivity contribution in [3.8, 4) is 0 Å². The van der Waals surface area contributed by atoms with E-state index in [-0.39, 0.29) is 7.92 Å². The van der Waals surface area contributed by atoms with Gasteiger partial charge in [0.05, 0.1) is 0 Å². The fourth-order valence-corrected chi connectivity index (χ4v) is 8.39. The highest BCUT2D eigenvalue weighted by molar-refractivity contribution is 7.73. The van der Waals surface area contributed by atoms with Crippen LogP contribution in [0.1, 0.15) is 37.2 Å². The molecule has 3 aromatic rings. The molecule has 2 unspecified atom stereocenters. The van der Waals surface area contributed by atoms with Crippen LogP contribution in [0.4, 0.5) is 0 Å². The van der Waals surface area contributed by atoms with Crippen molar-refractivity contribution >= 4 is 34.0 Å². The van der Waals surface area contributed by atoms with E-state index in [2.05, 4.69) is 84.9 Å². The lowest BCUT2D eigenvalue weighted by molar-refractivity contribution is 0.454. The summed E-state index contributed by atoms with van der Waals surface area (Å²) in [5.41, 5.74) is 2.39. The molecule has 26 heavy (non-hydrogen) atoms. The Morgan fingerprint density at radius 1 is 0.654 bits per heavy atom. The standard InChI is InChI=1S/C24H27PSi/c26-24-18-10-8-16-22(24)21-15-7-9-17-23(21)25(19-11-3-1-4-12-19)20-13-5-2-6-14-20/h1-6,8,10-14,16,18,21,23H,7,9,15,17H2,26H3. The Kier molecular flexibility index (Phi) is 5.67. The summed E-state index contributed by atoms with van der Waals surface area (Å²) >= 11 is 0. The van der Waals surface area contributed by atoms with Gasteiger partial charge < -0.3 is 0 Å². The zero-order chi connectivity index (χ0) is 17.8. The predicted molar refractivity (Wildman–Crippen MR) is 120 cm³/mol. The quantitative estimate of drug-likeness (QED) is 0.481. The fourth-order valence-electron chi connectivity index (χ4n) is 4.50. The van der Waals surface area contributed by atoms with E-state index in [0.717, 1.165) is 15.9 Å². The summed E-state index contributed by atoms with van der Waals surface area (Å²) in [5.74, 6) is 0.712. The van der Waals surface area contributed by atoms with E-state index in [1.54, 1.807) is 10.8 Å². The maximum atomic E-state index is 2.41. The van der Waals surface area contributed by atoms with Crippen molar-refractivity contribution in [1.29, 1.82) is 0 Å². The van der Waals surface area contributed by atoms with Crippen LogP contribution < -0.4 is 15.8 Å². The average molecular weight is 375 g/mol. The molecule has 1 aliphatic rings. The second-order valence-corrected chi connectivity index (χ2v) is 10.9. The van der Waals surface area contributed by atoms with Crippen molar-refractivity contribution in [2.24, 2.45) is 0 Å². The van der Waals surface area contributed by atoms with Crippen LogP contribution in [0, 0.1) is 0 Å². The maximum absolute atomic E-state index is 2.41. The molecule has 0 heterocycles. The second-order valence-electron chi connectivity index (χ2n) is 7.36. The summed E-state index contributed by atoms with van der Waals surface area (Å²) in [6.45, 7) is 0. The highest BCUT2D eigenvalue weighted by atomic mass is 31.1. The molecule has 1 fully saturated rings. The van der Waals surface area contributed by atoms with E-state index >= 15 is 0 Å². The Bertz CT molecular complexity index is 792. The van der Waals surface area contributed by atoms with Crippen LogP contribution in [0.15, 0.2) is 84.9 Å². The summed E-state index contributed by atoms with van der Waals surface area (Å²) in [7, 11) is 0.815. The van der Waals surface area contributed by atoms with Gasteiger partial charge in [0.15, 0.2) is 0 Å². The van der Waals surface area contributed by atoms with Crippen molar-refractivity contribution in [2.45, 2.75) is 37.3 Å². The topological polar surface area (TPSA) is 0 Å². The molecule has 0 amide bonds. The molecule has 4 rings (SSSR count). The Morgan fingerprint density at radius 2 is 1.19 bits per heavy atom. The van der Waals surface area contributed by atoms with E-state index in [9.17, 15) is 0 Å². The van der Waals surface area contributed by atoms with Gasteiger partial charge in [-0.3, -0.25) is 0 Å². The molecule has 0 saturated heterocycles. The van der Waals surface area contributed by atoms with Crippen LogP contribution in [-0.4, -0.2) is 15.9 Å². The van der Waals surface area contributed by atoms with E-state index < -0.39 is 0 Å². The lowest BCUT2D eigenvalue weighted by atomic mass is 9.83. The number of hydrogen-bond acceptors (Lipinski definition) is 0. The van der Waals surface area contributed by atoms with Crippen molar-refractivity contribution < 1.29 is 0 Å². The maximum Gasteiger partial charge on any atom is 0.0388 e. The van der Waals surface area contributed by atoms with Crippen molar-refractivity contribution in [2.75, 3.05) is 0 Å². The Morgan fingerprint density at radius 3 is 1.81 bits per heavy atom. The van der Waals surface area contributed by atoms with Gasteiger partial charge in [-0.25, -0.2) is 0 Å². The minimum absolute atomic E-state index is 0.329. The molecule has 3 aromatic carbocycles. The van der Waals surface area contributed by atoms with Gasteiger partial charge in [0.2, 0.25) is 0 Å². The molecule has 1 saturated carbocycles. The zero-order valence-corrected chi connectivity index (χ0v) is 18.4. The van der Waals surface area contributed by atoms with Crippen LogP contribution in [0.2, 0.25) is 0 Å². The van der Waals surface area contributed by atoms with Crippen LogP contribution in [0.25, 0.3) is 0 Å². The second kappa shape index (κ2) is 8.33. The molecule has 0 radical (unpaired) electrons. The molecule has 0 nitrogen and oxygen atoms in total. The van der Waals surface area contributed by atoms with Crippen molar-refractivity contribution in [3.63, 3.8) is 0 Å². The molecule has 2 atom stereocenters. The zero-order valence-electron chi connectivity index (χ0n) is 15.5. The third kappa shape index (κ3) is 3.70. The Labute approximate surface area is 161 Å². The first-order valence-electron chi connectivity index (χ1n) is 9.79. The molecule has 0 aliphatic heterocycles. The van der Waals surface area contributed by atoms with Crippen molar-refractivity contribution in [3.05, 3.63) is 90.5 Å². The minimum atomic E-state index is -0.329. The normalized spacial score (nSPS) is 20.3. The monoisotopic (exact) mass is 374 g/mol. The Hall–Kier alpha value is -1.69. The van der Waals surface area contributed by atoms with Gasteiger partial charge in [-0.15, -0.1) is 0 Å². The third-order valence-electron chi connectivity index (χ3n) is 5.72. The first kappa shape index (κ1) is 17.7. The smallest absolute Gasteiger partial charge is 0.0388 e. The van der Waals surface area contributed by atoms with Crippen LogP contribution in [-0.2, 0) is 0 Å². The highest BCUT2D eigenvalue weighted by Crippen LogP contribution is 2.51. The largest absolute Gasteiger partial charge is 0.0673 e. The summed E-state index contributed by atoms with van der Waals surface area (Å²) in [4.78, 5) is 0. The first-order valence-corrected chi connectivity index (χ1v) is 12.2. The molecular formula is C24H27PSi. The van der Waals surface area contributed by atoms with Gasteiger partial charge in [-0.2, -0.15) is 0 Å². The lowest BCUT2D eigenvalue weighted by Gasteiger charge is -2.39. The molecule has 2 heteroatoms. The summed E-state index contributed by atoms with van der Waals surface area (Å²) in [6.07, 6.45) is 5.46. The number of hydrogen-bond donors (Lipinski definition) is 0. The Balaban J connectivity index is 1.79. The highest BCUT2D eigenvalue weighted by Gasteiger charge is 2.34. The van der Waals surface area contributed by atoms with Crippen LogP contribution in [0.3, 0.4) is 0 Å². The molecule has 0 spiro atoms. The summed E-state index contributed by atoms with van der Waals surface area (Å²) in [5, 5.41) is 4.67. The van der Waals surface area contributed by atoms with E-state index in [1.165, 1.54) is 36.3 Å². The minimum Gasteiger partial charge on any atom is -0.0673 e. The van der Waals surface area contributed by atoms with Gasteiger partial charge in [0.25, 0.3) is 0 Å². The average Bonchev–Trinajstić information content (AvgIpc) is 2.71. The molecule has 0 aromatic heterocycles. The predicted octanol–water partition coefficient (Wildman–Crippen LogP) is 3.84. The number of benzene rings is 3. The van der Waals surface area contributed by atoms with Crippen LogP contribution in [0.5, 0.6) is 0 Å². The summed E-state index contributed by atoms with van der Waals surface area (Å²) < 4.78 is 0. The third-order valence-corrected chi connectivity index (χ3v) is 9.62. The first-order chi connectivity index (χ1) is 12.8. The molecule has 0 N–H and O–H groups in total. The molecule has 132 valence electrons. The van der Waals surface area contributed by atoms with Gasteiger partial charge in [-0.1, -0.05) is 103 Å². The fraction of sp³-hybridized carbons (Fsp3) is 0.250. The van der Waals surface area contributed by atoms with Crippen molar-refractivity contribution in [1.82, 2.24) is 0 Å². The van der Waals surface area contributed by atoms with E-state index in [1.807, 2.05) is 0 Å². The molecule has 1 aliphatic carbocycles. The van der Waals surface area contributed by atoms with Gasteiger partial charge >= 0.3 is 0 Å². The lowest BCUT2D eigenvalue weighted by Crippen LogP contribution is -2.32. The van der Waals surface area contributed by atoms with E-state index in [4.69, 9.17) is 0 Å². The van der Waals surface area contributed by atoms with Gasteiger partial charge in [0.1, 0.15) is 0 Å². The van der Waals surface area contributed by atoms with Crippen LogP contribution >= 0.6 is 7.92 Å². The summed E-state index contributed by atoms with van der Waals surface area (Å²) in [6, 6.07) is 31.8.